The van der Waals surface area contributed by atoms with E-state index in [1.807, 2.05) is 31.3 Å². The Morgan fingerprint density at radius 3 is 2.62 bits per heavy atom. The van der Waals surface area contributed by atoms with E-state index in [2.05, 4.69) is 28.7 Å². The van der Waals surface area contributed by atoms with Crippen molar-refractivity contribution in [3.63, 3.8) is 0 Å². The molecule has 0 radical (unpaired) electrons. The Morgan fingerprint density at radius 1 is 1.04 bits per heavy atom. The summed E-state index contributed by atoms with van der Waals surface area (Å²) in [6, 6.07) is 11.4. The molecule has 1 N–H and O–H groups in total. The molecule has 2 aromatic heterocycles. The van der Waals surface area contributed by atoms with Gasteiger partial charge in [0, 0.05) is 28.9 Å². The van der Waals surface area contributed by atoms with Gasteiger partial charge in [-0.15, -0.1) is 0 Å². The first-order valence-electron chi connectivity index (χ1n) is 7.83. The number of phenolic OH excluding ortho intramolecular Hbond substituents is 1. The van der Waals surface area contributed by atoms with Crippen LogP contribution in [0.3, 0.4) is 0 Å². The zero-order valence-electron chi connectivity index (χ0n) is 13.9. The Hall–Kier alpha value is -3.01. The van der Waals surface area contributed by atoms with Crippen molar-refractivity contribution in [3.8, 4) is 17.2 Å². The van der Waals surface area contributed by atoms with Crippen LogP contribution in [0.25, 0.3) is 27.5 Å². The van der Waals surface area contributed by atoms with Gasteiger partial charge in [-0.05, 0) is 49.2 Å². The van der Waals surface area contributed by atoms with Crippen LogP contribution in [0, 0.1) is 13.8 Å². The van der Waals surface area contributed by atoms with E-state index in [0.717, 1.165) is 44.4 Å². The third kappa shape index (κ3) is 2.03. The number of para-hydroxylation sites is 1. The van der Waals surface area contributed by atoms with E-state index in [0.29, 0.717) is 0 Å². The van der Waals surface area contributed by atoms with E-state index in [4.69, 9.17) is 4.74 Å². The molecule has 24 heavy (non-hydrogen) atoms. The number of ether oxygens (including phenoxy) is 1. The molecule has 120 valence electrons. The summed E-state index contributed by atoms with van der Waals surface area (Å²) in [7, 11) is 1.66. The SMILES string of the molecule is COc1cccc2c1ncc1c(C)cn(-c3ccc(O)cc3C)c12. The van der Waals surface area contributed by atoms with Crippen molar-refractivity contribution in [2.75, 3.05) is 7.11 Å². The number of hydrogen-bond acceptors (Lipinski definition) is 3. The number of benzene rings is 2. The van der Waals surface area contributed by atoms with Gasteiger partial charge in [0.25, 0.3) is 0 Å². The minimum Gasteiger partial charge on any atom is -0.508 e. The maximum absolute atomic E-state index is 9.71. The fraction of sp³-hybridized carbons (Fsp3) is 0.150. The summed E-state index contributed by atoms with van der Waals surface area (Å²) < 4.78 is 7.63. The number of aryl methyl sites for hydroxylation is 2. The lowest BCUT2D eigenvalue weighted by atomic mass is 10.1. The van der Waals surface area contributed by atoms with Crippen molar-refractivity contribution >= 4 is 21.8 Å². The smallest absolute Gasteiger partial charge is 0.145 e. The predicted octanol–water partition coefficient (Wildman–Crippen LogP) is 4.51. The van der Waals surface area contributed by atoms with Crippen LogP contribution in [-0.2, 0) is 0 Å². The fourth-order valence-electron chi connectivity index (χ4n) is 3.32. The molecule has 0 aliphatic rings. The van der Waals surface area contributed by atoms with E-state index >= 15 is 0 Å². The van der Waals surface area contributed by atoms with Crippen molar-refractivity contribution in [2.45, 2.75) is 13.8 Å². The maximum atomic E-state index is 9.71. The van der Waals surface area contributed by atoms with E-state index in [1.54, 1.807) is 19.2 Å². The molecule has 0 fully saturated rings. The number of hydrogen-bond donors (Lipinski definition) is 1. The van der Waals surface area contributed by atoms with Crippen molar-refractivity contribution in [1.82, 2.24) is 9.55 Å². The predicted molar refractivity (Wildman–Crippen MR) is 96.3 cm³/mol. The largest absolute Gasteiger partial charge is 0.508 e. The van der Waals surface area contributed by atoms with Crippen LogP contribution in [0.4, 0.5) is 0 Å². The van der Waals surface area contributed by atoms with E-state index < -0.39 is 0 Å². The average Bonchev–Trinajstić information content (AvgIpc) is 2.91. The molecule has 0 spiro atoms. The summed E-state index contributed by atoms with van der Waals surface area (Å²) in [6.07, 6.45) is 4.02. The topological polar surface area (TPSA) is 47.3 Å². The van der Waals surface area contributed by atoms with Crippen molar-refractivity contribution in [2.24, 2.45) is 0 Å². The first-order chi connectivity index (χ1) is 11.6. The highest BCUT2D eigenvalue weighted by Crippen LogP contribution is 2.34. The molecule has 0 unspecified atom stereocenters. The standard InChI is InChI=1S/C20H18N2O2/c1-12-9-14(23)7-8-17(12)22-11-13(2)16-10-21-19-15(20(16)22)5-4-6-18(19)24-3/h4-11,23H,1-3H3. The fourth-order valence-corrected chi connectivity index (χ4v) is 3.32. The summed E-state index contributed by atoms with van der Waals surface area (Å²) in [5, 5.41) is 11.9. The summed E-state index contributed by atoms with van der Waals surface area (Å²) >= 11 is 0. The van der Waals surface area contributed by atoms with Gasteiger partial charge in [-0.1, -0.05) is 12.1 Å². The molecular formula is C20H18N2O2. The van der Waals surface area contributed by atoms with Gasteiger partial charge in [-0.2, -0.15) is 0 Å². The Morgan fingerprint density at radius 2 is 1.88 bits per heavy atom. The molecule has 4 heteroatoms. The van der Waals surface area contributed by atoms with Crippen LogP contribution in [0.2, 0.25) is 0 Å². The Bertz CT molecular complexity index is 1080. The van der Waals surface area contributed by atoms with Crippen LogP contribution >= 0.6 is 0 Å². The van der Waals surface area contributed by atoms with Crippen LogP contribution in [-0.4, -0.2) is 21.8 Å². The summed E-state index contributed by atoms with van der Waals surface area (Å²) in [4.78, 5) is 4.61. The molecule has 0 amide bonds. The second-order valence-corrected chi connectivity index (χ2v) is 6.03. The van der Waals surface area contributed by atoms with Gasteiger partial charge >= 0.3 is 0 Å². The van der Waals surface area contributed by atoms with Crippen LogP contribution in [0.15, 0.2) is 48.8 Å². The third-order valence-electron chi connectivity index (χ3n) is 4.48. The van der Waals surface area contributed by atoms with Crippen molar-refractivity contribution in [3.05, 3.63) is 59.9 Å². The number of methoxy groups -OCH3 is 1. The second kappa shape index (κ2) is 5.27. The number of rotatable bonds is 2. The maximum Gasteiger partial charge on any atom is 0.145 e. The quantitative estimate of drug-likeness (QED) is 0.591. The van der Waals surface area contributed by atoms with E-state index in [-0.39, 0.29) is 5.75 Å². The van der Waals surface area contributed by atoms with Crippen molar-refractivity contribution < 1.29 is 9.84 Å². The molecule has 2 aromatic carbocycles. The van der Waals surface area contributed by atoms with Gasteiger partial charge < -0.3 is 14.4 Å². The van der Waals surface area contributed by atoms with E-state index in [1.165, 1.54) is 0 Å². The Kier molecular flexibility index (Phi) is 3.20. The van der Waals surface area contributed by atoms with Gasteiger partial charge in [-0.3, -0.25) is 4.98 Å². The molecule has 0 atom stereocenters. The van der Waals surface area contributed by atoms with Crippen molar-refractivity contribution in [1.29, 1.82) is 0 Å². The zero-order valence-corrected chi connectivity index (χ0v) is 13.9. The van der Waals surface area contributed by atoms with E-state index in [9.17, 15) is 5.11 Å². The third-order valence-corrected chi connectivity index (χ3v) is 4.48. The first kappa shape index (κ1) is 14.6. The lowest BCUT2D eigenvalue weighted by molar-refractivity contribution is 0.419. The van der Waals surface area contributed by atoms with Crippen LogP contribution in [0.5, 0.6) is 11.5 Å². The van der Waals surface area contributed by atoms with Crippen LogP contribution in [0.1, 0.15) is 11.1 Å². The minimum absolute atomic E-state index is 0.276. The molecular weight excluding hydrogens is 300 g/mol. The number of aromatic hydroxyl groups is 1. The van der Waals surface area contributed by atoms with Gasteiger partial charge in [-0.25, -0.2) is 0 Å². The molecule has 4 aromatic rings. The monoisotopic (exact) mass is 318 g/mol. The van der Waals surface area contributed by atoms with Gasteiger partial charge in [0.2, 0.25) is 0 Å². The number of nitrogens with zero attached hydrogens (tertiary/aromatic N) is 2. The highest BCUT2D eigenvalue weighted by molar-refractivity contribution is 6.07. The average molecular weight is 318 g/mol. The molecule has 0 aliphatic heterocycles. The minimum atomic E-state index is 0.276. The number of aromatic nitrogens is 2. The first-order valence-corrected chi connectivity index (χ1v) is 7.83. The number of pyridine rings is 1. The molecule has 4 rings (SSSR count). The molecule has 2 heterocycles. The molecule has 0 saturated carbocycles. The zero-order chi connectivity index (χ0) is 16.8. The van der Waals surface area contributed by atoms with Gasteiger partial charge in [0.1, 0.15) is 17.0 Å². The summed E-state index contributed by atoms with van der Waals surface area (Å²) in [6.45, 7) is 4.09. The molecule has 0 aliphatic carbocycles. The lowest BCUT2D eigenvalue weighted by Gasteiger charge is -2.12. The van der Waals surface area contributed by atoms with Crippen LogP contribution < -0.4 is 4.74 Å². The summed E-state index contributed by atoms with van der Waals surface area (Å²) in [5.74, 6) is 1.04. The normalized spacial score (nSPS) is 11.3. The lowest BCUT2D eigenvalue weighted by Crippen LogP contribution is -1.96. The molecule has 4 nitrogen and oxygen atoms in total. The Labute approximate surface area is 139 Å². The highest BCUT2D eigenvalue weighted by Gasteiger charge is 2.15. The number of phenols is 1. The Balaban J connectivity index is 2.15. The van der Waals surface area contributed by atoms with Gasteiger partial charge in [0.05, 0.1) is 12.6 Å². The highest BCUT2D eigenvalue weighted by atomic mass is 16.5. The molecule has 0 saturated heterocycles. The number of fused-ring (bicyclic) bond motifs is 3. The summed E-state index contributed by atoms with van der Waals surface area (Å²) in [5.41, 5.74) is 5.17. The van der Waals surface area contributed by atoms with Gasteiger partial charge in [0.15, 0.2) is 0 Å². The second-order valence-electron chi connectivity index (χ2n) is 6.03. The molecule has 0 bridgehead atoms.